The van der Waals surface area contributed by atoms with E-state index in [9.17, 15) is 12.8 Å². The number of aromatic nitrogens is 5. The van der Waals surface area contributed by atoms with E-state index in [4.69, 9.17) is 4.74 Å². The highest BCUT2D eigenvalue weighted by Gasteiger charge is 2.22. The zero-order valence-corrected chi connectivity index (χ0v) is 26.2. The number of hydrogen-bond acceptors (Lipinski definition) is 8. The van der Waals surface area contributed by atoms with Crippen LogP contribution in [0.25, 0.3) is 32.9 Å². The van der Waals surface area contributed by atoms with Crippen molar-refractivity contribution in [2.24, 2.45) is 0 Å². The van der Waals surface area contributed by atoms with Crippen molar-refractivity contribution < 1.29 is 17.5 Å². The molecule has 1 fully saturated rings. The Morgan fingerprint density at radius 2 is 1.96 bits per heavy atom. The average molecular weight is 640 g/mol. The smallest absolute Gasteiger partial charge is 0.148 e. The predicted octanol–water partition coefficient (Wildman–Crippen LogP) is 5.12. The molecule has 1 aliphatic heterocycles. The van der Waals surface area contributed by atoms with Gasteiger partial charge >= 0.3 is 0 Å². The van der Waals surface area contributed by atoms with Gasteiger partial charge in [0.2, 0.25) is 0 Å². The van der Waals surface area contributed by atoms with Crippen LogP contribution in [0.4, 0.5) is 15.9 Å². The van der Waals surface area contributed by atoms with Crippen molar-refractivity contribution in [2.45, 2.75) is 19.2 Å². The second-order valence-corrected chi connectivity index (χ2v) is 14.1. The molecule has 46 heavy (non-hydrogen) atoms. The molecule has 10 nitrogen and oxygen atoms in total. The number of sulfone groups is 1. The van der Waals surface area contributed by atoms with E-state index >= 15 is 0 Å². The maximum absolute atomic E-state index is 13.7. The topological polar surface area (TPSA) is 107 Å². The first-order valence-electron chi connectivity index (χ1n) is 15.2. The molecule has 7 rings (SSSR count). The number of rotatable bonds is 10. The second-order valence-electron chi connectivity index (χ2n) is 11.8. The zero-order chi connectivity index (χ0) is 31.7. The Morgan fingerprint density at radius 3 is 2.83 bits per heavy atom. The van der Waals surface area contributed by atoms with Gasteiger partial charge in [0.15, 0.2) is 0 Å². The first kappa shape index (κ1) is 30.0. The Hall–Kier alpha value is -4.65. The van der Waals surface area contributed by atoms with Gasteiger partial charge in [-0.3, -0.25) is 9.58 Å². The normalized spacial score (nSPS) is 15.9. The lowest BCUT2D eigenvalue weighted by molar-refractivity contribution is -0.0340. The van der Waals surface area contributed by atoms with Crippen LogP contribution in [0.3, 0.4) is 0 Å². The molecule has 236 valence electrons. The standard InChI is InChI=1S/C34H34FN7O3S/c1-46(43,44)14-12-40-11-13-45-30(21-40)22-41-10-9-26(20-41)25-5-7-32-31(17-25)34(37-23-36-32)39-29-6-8-33-27(16-29)18-38-42(33)19-24-3-2-4-28(35)15-24/h2-10,15-18,20,23,30H,11-14,19,21-22H2,1H3,(H,36,37,39). The molecule has 0 saturated carbocycles. The fourth-order valence-electron chi connectivity index (χ4n) is 5.92. The van der Waals surface area contributed by atoms with Gasteiger partial charge in [0.1, 0.15) is 27.8 Å². The molecule has 3 aromatic heterocycles. The Kier molecular flexibility index (Phi) is 8.24. The quantitative estimate of drug-likeness (QED) is 0.220. The lowest BCUT2D eigenvalue weighted by Gasteiger charge is -2.32. The van der Waals surface area contributed by atoms with Crippen LogP contribution in [0.1, 0.15) is 5.56 Å². The van der Waals surface area contributed by atoms with Crippen molar-refractivity contribution in [3.8, 4) is 11.1 Å². The molecule has 0 bridgehead atoms. The van der Waals surface area contributed by atoms with Gasteiger partial charge in [0, 0.05) is 61.3 Å². The number of morpholine rings is 1. The average Bonchev–Trinajstić information content (AvgIpc) is 3.67. The maximum Gasteiger partial charge on any atom is 0.148 e. The second kappa shape index (κ2) is 12.6. The summed E-state index contributed by atoms with van der Waals surface area (Å²) in [4.78, 5) is 11.2. The lowest BCUT2D eigenvalue weighted by atomic mass is 10.1. The van der Waals surface area contributed by atoms with Crippen molar-refractivity contribution in [2.75, 3.05) is 43.6 Å². The van der Waals surface area contributed by atoms with E-state index < -0.39 is 9.84 Å². The molecule has 3 aromatic carbocycles. The predicted molar refractivity (Wildman–Crippen MR) is 177 cm³/mol. The highest BCUT2D eigenvalue weighted by Crippen LogP contribution is 2.30. The molecule has 1 unspecified atom stereocenters. The van der Waals surface area contributed by atoms with Crippen LogP contribution in [0.5, 0.6) is 0 Å². The van der Waals surface area contributed by atoms with Gasteiger partial charge in [-0.2, -0.15) is 5.10 Å². The fraction of sp³-hybridized carbons (Fsp3) is 0.265. The minimum atomic E-state index is -3.00. The monoisotopic (exact) mass is 639 g/mol. The molecule has 0 aliphatic carbocycles. The summed E-state index contributed by atoms with van der Waals surface area (Å²) in [5.74, 6) is 0.597. The molecule has 0 amide bonds. The van der Waals surface area contributed by atoms with Crippen LogP contribution in [-0.2, 0) is 27.7 Å². The molecule has 1 N–H and O–H groups in total. The van der Waals surface area contributed by atoms with Gasteiger partial charge in [-0.15, -0.1) is 0 Å². The van der Waals surface area contributed by atoms with Gasteiger partial charge in [-0.25, -0.2) is 22.8 Å². The first-order valence-corrected chi connectivity index (χ1v) is 17.2. The molecule has 1 saturated heterocycles. The number of benzene rings is 3. The molecule has 6 aromatic rings. The van der Waals surface area contributed by atoms with Crippen molar-refractivity contribution in [3.05, 3.63) is 103 Å². The zero-order valence-electron chi connectivity index (χ0n) is 25.4. The number of fused-ring (bicyclic) bond motifs is 2. The minimum Gasteiger partial charge on any atom is -0.374 e. The molecule has 4 heterocycles. The first-order chi connectivity index (χ1) is 22.3. The van der Waals surface area contributed by atoms with E-state index in [1.54, 1.807) is 12.4 Å². The highest BCUT2D eigenvalue weighted by atomic mass is 32.2. The number of anilines is 2. The molecule has 1 aliphatic rings. The highest BCUT2D eigenvalue weighted by molar-refractivity contribution is 7.90. The van der Waals surface area contributed by atoms with Crippen LogP contribution in [0.2, 0.25) is 0 Å². The van der Waals surface area contributed by atoms with E-state index in [0.29, 0.717) is 38.6 Å². The van der Waals surface area contributed by atoms with Gasteiger partial charge in [-0.05, 0) is 65.2 Å². The largest absolute Gasteiger partial charge is 0.374 e. The van der Waals surface area contributed by atoms with E-state index in [1.165, 1.54) is 18.4 Å². The molecular weight excluding hydrogens is 605 g/mol. The summed E-state index contributed by atoms with van der Waals surface area (Å²) < 4.78 is 46.9. The van der Waals surface area contributed by atoms with Gasteiger partial charge in [0.25, 0.3) is 0 Å². The van der Waals surface area contributed by atoms with E-state index in [2.05, 4.69) is 54.2 Å². The Labute approximate surface area is 266 Å². The summed E-state index contributed by atoms with van der Waals surface area (Å²) in [7, 11) is -3.00. The van der Waals surface area contributed by atoms with Crippen LogP contribution >= 0.6 is 0 Å². The molecule has 12 heteroatoms. The van der Waals surface area contributed by atoms with Gasteiger partial charge < -0.3 is 14.6 Å². The van der Waals surface area contributed by atoms with E-state index in [-0.39, 0.29) is 17.7 Å². The molecule has 0 spiro atoms. The third-order valence-electron chi connectivity index (χ3n) is 8.26. The number of ether oxygens (including phenoxy) is 1. The van der Waals surface area contributed by atoms with Crippen LogP contribution < -0.4 is 5.32 Å². The summed E-state index contributed by atoms with van der Waals surface area (Å²) in [5, 5.41) is 9.85. The third-order valence-corrected chi connectivity index (χ3v) is 9.18. The number of nitrogens with zero attached hydrogens (tertiary/aromatic N) is 6. The summed E-state index contributed by atoms with van der Waals surface area (Å²) in [5.41, 5.74) is 5.60. The molecular formula is C34H34FN7O3S. The number of hydrogen-bond donors (Lipinski definition) is 1. The van der Waals surface area contributed by atoms with Crippen molar-refractivity contribution >= 4 is 43.1 Å². The summed E-state index contributed by atoms with van der Waals surface area (Å²) in [6.07, 6.45) is 8.78. The lowest BCUT2D eigenvalue weighted by Crippen LogP contribution is -2.45. The van der Waals surface area contributed by atoms with Crippen molar-refractivity contribution in [1.82, 2.24) is 29.2 Å². The van der Waals surface area contributed by atoms with Crippen molar-refractivity contribution in [3.63, 3.8) is 0 Å². The third kappa shape index (κ3) is 6.94. The Bertz CT molecular complexity index is 2130. The van der Waals surface area contributed by atoms with Crippen LogP contribution in [-0.4, -0.2) is 82.0 Å². The maximum atomic E-state index is 13.7. The summed E-state index contributed by atoms with van der Waals surface area (Å²) >= 11 is 0. The van der Waals surface area contributed by atoms with Crippen LogP contribution in [0.15, 0.2) is 91.6 Å². The van der Waals surface area contributed by atoms with Gasteiger partial charge in [0.05, 0.1) is 42.2 Å². The fourth-order valence-corrected chi connectivity index (χ4v) is 6.51. The Morgan fingerprint density at radius 1 is 1.04 bits per heavy atom. The van der Waals surface area contributed by atoms with Crippen molar-refractivity contribution in [1.29, 1.82) is 0 Å². The SMILES string of the molecule is CS(=O)(=O)CCN1CCOC(Cn2ccc(-c3ccc4ncnc(Nc5ccc6c(cnn6Cc6cccc(F)c6)c5)c4c3)c2)C1. The number of nitrogens with one attached hydrogen (secondary N) is 1. The summed E-state index contributed by atoms with van der Waals surface area (Å²) in [6.45, 7) is 3.72. The molecule has 1 atom stereocenters. The molecule has 0 radical (unpaired) electrons. The van der Waals surface area contributed by atoms with Crippen LogP contribution in [0, 0.1) is 5.82 Å². The van der Waals surface area contributed by atoms with E-state index in [0.717, 1.165) is 50.7 Å². The van der Waals surface area contributed by atoms with E-state index in [1.807, 2.05) is 47.4 Å². The van der Waals surface area contributed by atoms with Gasteiger partial charge in [-0.1, -0.05) is 18.2 Å². The number of halogens is 1. The minimum absolute atomic E-state index is 0.0138. The Balaban J connectivity index is 1.07. The summed E-state index contributed by atoms with van der Waals surface area (Å²) in [6, 6.07) is 20.8.